The Bertz CT molecular complexity index is 729. The van der Waals surface area contributed by atoms with E-state index in [0.717, 1.165) is 62.8 Å². The number of halogens is 1. The number of rotatable bonds is 7. The number of aliphatic imine (C=N–C) groups is 1. The number of piperidine rings is 1. The van der Waals surface area contributed by atoms with Gasteiger partial charge in [-0.2, -0.15) is 0 Å². The van der Waals surface area contributed by atoms with E-state index in [4.69, 9.17) is 9.73 Å². The SMILES string of the molecule is CCNC(=NCc1ccnc(OC2CCC(C)CC2)c1)N1CCC(CC(=O)NC)CC1.I. The first kappa shape index (κ1) is 26.7. The number of hydrogen-bond donors (Lipinski definition) is 2. The Morgan fingerprint density at radius 2 is 1.94 bits per heavy atom. The van der Waals surface area contributed by atoms with E-state index in [-0.39, 0.29) is 36.0 Å². The summed E-state index contributed by atoms with van der Waals surface area (Å²) < 4.78 is 6.15. The van der Waals surface area contributed by atoms with Crippen LogP contribution in [0.4, 0.5) is 0 Å². The number of nitrogens with zero attached hydrogens (tertiary/aromatic N) is 3. The van der Waals surface area contributed by atoms with Crippen LogP contribution in [0.3, 0.4) is 0 Å². The van der Waals surface area contributed by atoms with Crippen LogP contribution in [0.15, 0.2) is 23.3 Å². The lowest BCUT2D eigenvalue weighted by atomic mass is 9.89. The highest BCUT2D eigenvalue weighted by molar-refractivity contribution is 14.0. The molecule has 1 aromatic rings. The fraction of sp³-hybridized carbons (Fsp3) is 0.708. The quantitative estimate of drug-likeness (QED) is 0.302. The summed E-state index contributed by atoms with van der Waals surface area (Å²) in [5.74, 6) is 3.07. The molecule has 2 fully saturated rings. The maximum absolute atomic E-state index is 11.6. The summed E-state index contributed by atoms with van der Waals surface area (Å²) in [6.07, 6.45) is 9.48. The van der Waals surface area contributed by atoms with Gasteiger partial charge >= 0.3 is 0 Å². The lowest BCUT2D eigenvalue weighted by Gasteiger charge is -2.34. The second kappa shape index (κ2) is 13.9. The first-order chi connectivity index (χ1) is 15.1. The van der Waals surface area contributed by atoms with Crippen molar-refractivity contribution in [1.29, 1.82) is 0 Å². The van der Waals surface area contributed by atoms with Gasteiger partial charge in [-0.15, -0.1) is 24.0 Å². The molecule has 1 aromatic heterocycles. The van der Waals surface area contributed by atoms with Crippen LogP contribution in [0, 0.1) is 11.8 Å². The average molecular weight is 558 g/mol. The zero-order valence-electron chi connectivity index (χ0n) is 19.8. The first-order valence-corrected chi connectivity index (χ1v) is 11.9. The zero-order chi connectivity index (χ0) is 22.1. The van der Waals surface area contributed by atoms with E-state index < -0.39 is 0 Å². The molecule has 0 spiro atoms. The van der Waals surface area contributed by atoms with E-state index >= 15 is 0 Å². The molecule has 2 N–H and O–H groups in total. The van der Waals surface area contributed by atoms with E-state index in [0.29, 0.717) is 24.8 Å². The summed E-state index contributed by atoms with van der Waals surface area (Å²) >= 11 is 0. The van der Waals surface area contributed by atoms with Crippen molar-refractivity contribution in [3.05, 3.63) is 23.9 Å². The lowest BCUT2D eigenvalue weighted by molar-refractivity contribution is -0.121. The van der Waals surface area contributed by atoms with Gasteiger partial charge in [0.25, 0.3) is 0 Å². The Balaban J connectivity index is 0.00000363. The number of amides is 1. The largest absolute Gasteiger partial charge is 0.474 e. The summed E-state index contributed by atoms with van der Waals surface area (Å²) in [5, 5.41) is 6.16. The molecule has 0 unspecified atom stereocenters. The molecule has 2 heterocycles. The molecule has 8 heteroatoms. The number of aromatic nitrogens is 1. The molecule has 180 valence electrons. The number of carbonyl (C=O) groups excluding carboxylic acids is 1. The molecule has 0 atom stereocenters. The maximum Gasteiger partial charge on any atom is 0.220 e. The number of nitrogens with one attached hydrogen (secondary N) is 2. The minimum absolute atomic E-state index is 0. The van der Waals surface area contributed by atoms with Crippen molar-refractivity contribution in [2.75, 3.05) is 26.7 Å². The van der Waals surface area contributed by atoms with Crippen molar-refractivity contribution in [2.45, 2.75) is 71.4 Å². The van der Waals surface area contributed by atoms with Crippen molar-refractivity contribution < 1.29 is 9.53 Å². The molecule has 3 rings (SSSR count). The van der Waals surface area contributed by atoms with Gasteiger partial charge in [0.2, 0.25) is 11.8 Å². The van der Waals surface area contributed by atoms with Gasteiger partial charge in [-0.1, -0.05) is 6.92 Å². The van der Waals surface area contributed by atoms with Gasteiger partial charge < -0.3 is 20.3 Å². The Morgan fingerprint density at radius 1 is 1.22 bits per heavy atom. The van der Waals surface area contributed by atoms with Gasteiger partial charge in [-0.3, -0.25) is 4.79 Å². The number of guanidine groups is 1. The van der Waals surface area contributed by atoms with Gasteiger partial charge in [-0.25, -0.2) is 9.98 Å². The van der Waals surface area contributed by atoms with E-state index in [2.05, 4.69) is 34.4 Å². The number of likely N-dealkylation sites (tertiary alicyclic amines) is 1. The summed E-state index contributed by atoms with van der Waals surface area (Å²) in [5.41, 5.74) is 1.11. The van der Waals surface area contributed by atoms with E-state index in [9.17, 15) is 4.79 Å². The first-order valence-electron chi connectivity index (χ1n) is 11.9. The highest BCUT2D eigenvalue weighted by Gasteiger charge is 2.23. The van der Waals surface area contributed by atoms with Crippen LogP contribution in [0.2, 0.25) is 0 Å². The molecular weight excluding hydrogens is 517 g/mol. The predicted molar refractivity (Wildman–Crippen MR) is 139 cm³/mol. The molecule has 0 aromatic carbocycles. The molecule has 1 aliphatic heterocycles. The zero-order valence-corrected chi connectivity index (χ0v) is 22.1. The van der Waals surface area contributed by atoms with Crippen molar-refractivity contribution in [3.63, 3.8) is 0 Å². The molecule has 2 aliphatic rings. The number of hydrogen-bond acceptors (Lipinski definition) is 4. The van der Waals surface area contributed by atoms with Crippen molar-refractivity contribution >= 4 is 35.8 Å². The molecule has 1 aliphatic carbocycles. The molecule has 0 radical (unpaired) electrons. The Hall–Kier alpha value is -1.58. The minimum Gasteiger partial charge on any atom is -0.474 e. The Morgan fingerprint density at radius 3 is 2.59 bits per heavy atom. The van der Waals surface area contributed by atoms with Crippen LogP contribution < -0.4 is 15.4 Å². The fourth-order valence-electron chi connectivity index (χ4n) is 4.44. The molecule has 1 saturated carbocycles. The molecular formula is C24H40IN5O2. The average Bonchev–Trinajstić information content (AvgIpc) is 2.79. The summed E-state index contributed by atoms with van der Waals surface area (Å²) in [4.78, 5) is 23.3. The van der Waals surface area contributed by atoms with Crippen molar-refractivity contribution in [2.24, 2.45) is 16.8 Å². The van der Waals surface area contributed by atoms with E-state index in [1.807, 2.05) is 18.3 Å². The molecule has 1 amide bonds. The third-order valence-corrected chi connectivity index (χ3v) is 6.46. The summed E-state index contributed by atoms with van der Waals surface area (Å²) in [6, 6.07) is 4.04. The third kappa shape index (κ3) is 8.41. The van der Waals surface area contributed by atoms with Crippen LogP contribution in [-0.4, -0.2) is 54.5 Å². The lowest BCUT2D eigenvalue weighted by Crippen LogP contribution is -2.46. The Labute approximate surface area is 210 Å². The highest BCUT2D eigenvalue weighted by atomic mass is 127. The maximum atomic E-state index is 11.6. The topological polar surface area (TPSA) is 78.9 Å². The van der Waals surface area contributed by atoms with Gasteiger partial charge in [-0.05, 0) is 68.9 Å². The van der Waals surface area contributed by atoms with Crippen molar-refractivity contribution in [3.8, 4) is 5.88 Å². The van der Waals surface area contributed by atoms with Crippen LogP contribution in [0.5, 0.6) is 5.88 Å². The summed E-state index contributed by atoms with van der Waals surface area (Å²) in [6.45, 7) is 7.70. The van der Waals surface area contributed by atoms with Crippen LogP contribution in [-0.2, 0) is 11.3 Å². The second-order valence-electron chi connectivity index (χ2n) is 8.98. The third-order valence-electron chi connectivity index (χ3n) is 6.46. The number of carbonyl (C=O) groups is 1. The molecule has 1 saturated heterocycles. The molecule has 32 heavy (non-hydrogen) atoms. The van der Waals surface area contributed by atoms with Crippen LogP contribution >= 0.6 is 24.0 Å². The summed E-state index contributed by atoms with van der Waals surface area (Å²) in [7, 11) is 1.71. The number of pyridine rings is 1. The molecule has 7 nitrogen and oxygen atoms in total. The van der Waals surface area contributed by atoms with E-state index in [1.54, 1.807) is 7.05 Å². The molecule has 0 bridgehead atoms. The van der Waals surface area contributed by atoms with E-state index in [1.165, 1.54) is 12.8 Å². The number of ether oxygens (including phenoxy) is 1. The van der Waals surface area contributed by atoms with Gasteiger partial charge in [0.15, 0.2) is 5.96 Å². The minimum atomic E-state index is 0. The fourth-order valence-corrected chi connectivity index (χ4v) is 4.44. The van der Waals surface area contributed by atoms with Crippen molar-refractivity contribution in [1.82, 2.24) is 20.5 Å². The standard InChI is InChI=1S/C24H39N5O2.HI/c1-4-26-24(29-13-10-19(11-14-29)15-22(30)25-3)28-17-20-9-12-27-23(16-20)31-21-7-5-18(2)6-8-21;/h9,12,16,18-19,21H,4-8,10-11,13-15,17H2,1-3H3,(H,25,30)(H,26,28);1H. The van der Waals surface area contributed by atoms with Crippen LogP contribution in [0.1, 0.15) is 64.4 Å². The monoisotopic (exact) mass is 557 g/mol. The highest BCUT2D eigenvalue weighted by Crippen LogP contribution is 2.27. The predicted octanol–water partition coefficient (Wildman–Crippen LogP) is 3.97. The smallest absolute Gasteiger partial charge is 0.220 e. The van der Waals surface area contributed by atoms with Gasteiger partial charge in [0, 0.05) is 45.4 Å². The Kier molecular flexibility index (Phi) is 11.5. The normalized spacial score (nSPS) is 22.1. The van der Waals surface area contributed by atoms with Gasteiger partial charge in [0.05, 0.1) is 6.54 Å². The second-order valence-corrected chi connectivity index (χ2v) is 8.98. The van der Waals surface area contributed by atoms with Crippen LogP contribution in [0.25, 0.3) is 0 Å². The van der Waals surface area contributed by atoms with Gasteiger partial charge in [0.1, 0.15) is 6.10 Å².